The van der Waals surface area contributed by atoms with Gasteiger partial charge >= 0.3 is 12.4 Å². The Morgan fingerprint density at radius 1 is 0.735 bits per heavy atom. The first kappa shape index (κ1) is 26.0. The molecule has 0 amide bonds. The van der Waals surface area contributed by atoms with Gasteiger partial charge in [0.15, 0.2) is 5.17 Å². The van der Waals surface area contributed by atoms with Crippen LogP contribution >= 0.6 is 24.2 Å². The molecule has 34 heavy (non-hydrogen) atoms. The molecule has 0 saturated heterocycles. The van der Waals surface area contributed by atoms with Crippen LogP contribution in [-0.4, -0.2) is 5.17 Å². The zero-order valence-corrected chi connectivity index (χ0v) is 19.0. The quantitative estimate of drug-likeness (QED) is 0.357. The van der Waals surface area contributed by atoms with Crippen molar-refractivity contribution >= 4 is 29.3 Å². The van der Waals surface area contributed by atoms with Crippen molar-refractivity contribution in [2.75, 3.05) is 0 Å². The van der Waals surface area contributed by atoms with Gasteiger partial charge in [-0.15, -0.1) is 12.4 Å². The summed E-state index contributed by atoms with van der Waals surface area (Å²) < 4.78 is 78.9. The van der Waals surface area contributed by atoms with Gasteiger partial charge in [-0.05, 0) is 34.9 Å². The van der Waals surface area contributed by atoms with Crippen LogP contribution in [0.3, 0.4) is 0 Å². The molecule has 1 aliphatic heterocycles. The predicted molar refractivity (Wildman–Crippen MR) is 124 cm³/mol. The molecular formula is C24H19ClF6N2S. The largest absolute Gasteiger partial charge is 0.416 e. The molecule has 2 unspecified atom stereocenters. The van der Waals surface area contributed by atoms with Crippen molar-refractivity contribution in [2.45, 2.75) is 30.2 Å². The van der Waals surface area contributed by atoms with Crippen LogP contribution in [-0.2, 0) is 18.1 Å². The highest BCUT2D eigenvalue weighted by atomic mass is 35.5. The van der Waals surface area contributed by atoms with E-state index in [0.29, 0.717) is 5.17 Å². The second-order valence-corrected chi connectivity index (χ2v) is 8.49. The van der Waals surface area contributed by atoms with Crippen LogP contribution in [0.2, 0.25) is 0 Å². The Kier molecular flexibility index (Phi) is 7.88. The molecule has 1 heterocycles. The Labute approximate surface area is 202 Å². The first-order valence-corrected chi connectivity index (χ1v) is 11.0. The molecule has 4 rings (SSSR count). The van der Waals surface area contributed by atoms with Gasteiger partial charge in [0.1, 0.15) is 6.04 Å². The van der Waals surface area contributed by atoms with Crippen molar-refractivity contribution in [2.24, 2.45) is 4.99 Å². The van der Waals surface area contributed by atoms with Crippen molar-refractivity contribution in [3.05, 3.63) is 107 Å². The lowest BCUT2D eigenvalue weighted by atomic mass is 9.95. The molecule has 0 spiro atoms. The molecule has 0 aliphatic carbocycles. The lowest BCUT2D eigenvalue weighted by Crippen LogP contribution is -2.22. The van der Waals surface area contributed by atoms with Gasteiger partial charge in [0.25, 0.3) is 0 Å². The number of hydrogen-bond donors (Lipinski definition) is 1. The van der Waals surface area contributed by atoms with Crippen LogP contribution in [0.4, 0.5) is 26.3 Å². The third-order valence-electron chi connectivity index (χ3n) is 5.17. The maximum Gasteiger partial charge on any atom is 0.416 e. The summed E-state index contributed by atoms with van der Waals surface area (Å²) in [5, 5.41) is 3.75. The van der Waals surface area contributed by atoms with E-state index in [0.717, 1.165) is 35.0 Å². The van der Waals surface area contributed by atoms with E-state index in [2.05, 4.69) is 5.32 Å². The smallest absolute Gasteiger partial charge is 0.356 e. The van der Waals surface area contributed by atoms with Crippen molar-refractivity contribution in [1.29, 1.82) is 0 Å². The van der Waals surface area contributed by atoms with Crippen molar-refractivity contribution < 1.29 is 26.3 Å². The van der Waals surface area contributed by atoms with Crippen LogP contribution < -0.4 is 5.32 Å². The van der Waals surface area contributed by atoms with E-state index in [1.54, 1.807) is 0 Å². The van der Waals surface area contributed by atoms with E-state index in [1.807, 2.05) is 60.7 Å². The molecule has 10 heteroatoms. The molecule has 0 radical (unpaired) electrons. The first-order chi connectivity index (χ1) is 15.6. The fraction of sp³-hybridized carbons (Fsp3) is 0.208. The molecule has 2 nitrogen and oxygen atoms in total. The fourth-order valence-corrected chi connectivity index (χ4v) is 4.50. The van der Waals surface area contributed by atoms with Gasteiger partial charge in [0.2, 0.25) is 0 Å². The average molecular weight is 517 g/mol. The summed E-state index contributed by atoms with van der Waals surface area (Å²) in [6.45, 7) is 0. The van der Waals surface area contributed by atoms with E-state index >= 15 is 0 Å². The lowest BCUT2D eigenvalue weighted by Gasteiger charge is -2.19. The maximum absolute atomic E-state index is 13.1. The van der Waals surface area contributed by atoms with E-state index in [9.17, 15) is 26.3 Å². The van der Waals surface area contributed by atoms with Gasteiger partial charge in [-0.2, -0.15) is 26.3 Å². The topological polar surface area (TPSA) is 24.4 Å². The molecule has 2 atom stereocenters. The second kappa shape index (κ2) is 10.3. The van der Waals surface area contributed by atoms with E-state index in [1.165, 1.54) is 0 Å². The Morgan fingerprint density at radius 2 is 1.24 bits per heavy atom. The van der Waals surface area contributed by atoms with E-state index in [-0.39, 0.29) is 41.9 Å². The van der Waals surface area contributed by atoms with Gasteiger partial charge in [-0.1, -0.05) is 72.4 Å². The van der Waals surface area contributed by atoms with Gasteiger partial charge in [0, 0.05) is 5.75 Å². The van der Waals surface area contributed by atoms with Crippen LogP contribution in [0, 0.1) is 0 Å². The van der Waals surface area contributed by atoms with Crippen LogP contribution in [0.15, 0.2) is 83.9 Å². The Morgan fingerprint density at radius 3 is 1.74 bits per heavy atom. The summed E-state index contributed by atoms with van der Waals surface area (Å²) in [6, 6.07) is 20.2. The van der Waals surface area contributed by atoms with E-state index < -0.39 is 23.5 Å². The number of aliphatic imine (C=N–C) groups is 1. The van der Waals surface area contributed by atoms with Gasteiger partial charge in [0.05, 0.1) is 17.2 Å². The zero-order chi connectivity index (χ0) is 23.6. The van der Waals surface area contributed by atoms with Crippen molar-refractivity contribution in [3.8, 4) is 0 Å². The SMILES string of the molecule is Cl.FC(F)(F)c1cc(CSC2=NC(c3ccccc3)C(c3ccccc3)N2)cc(C(F)(F)F)c1. The molecule has 0 bridgehead atoms. The van der Waals surface area contributed by atoms with Gasteiger partial charge in [-0.25, -0.2) is 0 Å². The standard InChI is InChI=1S/C24H18F6N2S.ClH/c25-23(26,27)18-11-15(12-19(13-18)24(28,29)30)14-33-22-31-20(16-7-3-1-4-8-16)21(32-22)17-9-5-2-6-10-17;/h1-13,20-21H,14H2,(H,31,32);1H. The summed E-state index contributed by atoms with van der Waals surface area (Å²) in [5.74, 6) is -0.0954. The number of alkyl halides is 6. The zero-order valence-electron chi connectivity index (χ0n) is 17.4. The number of hydrogen-bond acceptors (Lipinski definition) is 3. The number of rotatable bonds is 4. The molecule has 3 aromatic rings. The highest BCUT2D eigenvalue weighted by Crippen LogP contribution is 2.40. The summed E-state index contributed by atoms with van der Waals surface area (Å²) in [4.78, 5) is 4.70. The molecule has 1 aliphatic rings. The molecule has 180 valence electrons. The van der Waals surface area contributed by atoms with Crippen LogP contribution in [0.1, 0.15) is 39.9 Å². The summed E-state index contributed by atoms with van der Waals surface area (Å²) >= 11 is 1.08. The average Bonchev–Trinajstić information content (AvgIpc) is 3.22. The summed E-state index contributed by atoms with van der Waals surface area (Å²) in [6.07, 6.45) is -9.75. The third-order valence-corrected chi connectivity index (χ3v) is 6.15. The Balaban J connectivity index is 0.00000324. The Hall–Kier alpha value is -2.65. The van der Waals surface area contributed by atoms with Crippen LogP contribution in [0.5, 0.6) is 0 Å². The number of amidine groups is 1. The minimum absolute atomic E-state index is 0. The highest BCUT2D eigenvalue weighted by molar-refractivity contribution is 8.13. The monoisotopic (exact) mass is 516 g/mol. The molecule has 0 fully saturated rings. The summed E-state index contributed by atoms with van der Waals surface area (Å²) in [7, 11) is 0. The first-order valence-electron chi connectivity index (χ1n) is 9.96. The van der Waals surface area contributed by atoms with Crippen LogP contribution in [0.25, 0.3) is 0 Å². The minimum Gasteiger partial charge on any atom is -0.356 e. The molecule has 0 saturated carbocycles. The highest BCUT2D eigenvalue weighted by Gasteiger charge is 2.37. The third kappa shape index (κ3) is 6.07. The number of benzene rings is 3. The van der Waals surface area contributed by atoms with E-state index in [4.69, 9.17) is 4.99 Å². The lowest BCUT2D eigenvalue weighted by molar-refractivity contribution is -0.143. The molecular weight excluding hydrogens is 498 g/mol. The number of nitrogens with one attached hydrogen (secondary N) is 1. The normalized spacial score (nSPS) is 18.1. The predicted octanol–water partition coefficient (Wildman–Crippen LogP) is 7.82. The minimum atomic E-state index is -4.87. The van der Waals surface area contributed by atoms with Crippen molar-refractivity contribution in [1.82, 2.24) is 5.32 Å². The number of thioether (sulfide) groups is 1. The van der Waals surface area contributed by atoms with Gasteiger partial charge in [-0.3, -0.25) is 4.99 Å². The van der Waals surface area contributed by atoms with Gasteiger partial charge < -0.3 is 5.32 Å². The molecule has 3 aromatic carbocycles. The Bertz CT molecular complexity index is 1100. The molecule has 1 N–H and O–H groups in total. The van der Waals surface area contributed by atoms with Crippen molar-refractivity contribution in [3.63, 3.8) is 0 Å². The molecule has 0 aromatic heterocycles. The maximum atomic E-state index is 13.1. The number of nitrogens with zero attached hydrogens (tertiary/aromatic N) is 1. The number of halogens is 7. The second-order valence-electron chi connectivity index (χ2n) is 7.53. The summed E-state index contributed by atoms with van der Waals surface area (Å²) in [5.41, 5.74) is -0.791. The fourth-order valence-electron chi connectivity index (χ4n) is 3.63.